The molecular weight excluding hydrogens is 268 g/mol. The first-order chi connectivity index (χ1) is 9.81. The molecule has 0 aliphatic carbocycles. The topological polar surface area (TPSA) is 29.5 Å². The Balaban J connectivity index is 1.86. The lowest BCUT2D eigenvalue weighted by Crippen LogP contribution is -2.12. The molecule has 0 spiro atoms. The summed E-state index contributed by atoms with van der Waals surface area (Å²) >= 11 is 1.79. The van der Waals surface area contributed by atoms with Crippen molar-refractivity contribution in [1.29, 1.82) is 0 Å². The van der Waals surface area contributed by atoms with Crippen molar-refractivity contribution in [3.63, 3.8) is 0 Å². The molecule has 0 aliphatic heterocycles. The van der Waals surface area contributed by atoms with E-state index in [9.17, 15) is 5.11 Å². The number of benzene rings is 2. The third-order valence-electron chi connectivity index (χ3n) is 3.15. The number of aliphatic hydroxyl groups excluding tert-OH is 1. The minimum Gasteiger partial charge on any atom is -0.497 e. The van der Waals surface area contributed by atoms with Crippen LogP contribution < -0.4 is 4.74 Å². The Bertz CT molecular complexity index is 496. The van der Waals surface area contributed by atoms with Gasteiger partial charge in [-0.25, -0.2) is 0 Å². The van der Waals surface area contributed by atoms with Gasteiger partial charge in [-0.15, -0.1) is 0 Å². The molecule has 0 radical (unpaired) electrons. The second-order valence-corrected chi connectivity index (χ2v) is 5.94. The van der Waals surface area contributed by atoms with Crippen molar-refractivity contribution in [2.45, 2.75) is 17.4 Å². The van der Waals surface area contributed by atoms with Crippen LogP contribution >= 0.6 is 11.8 Å². The van der Waals surface area contributed by atoms with Gasteiger partial charge in [0.25, 0.3) is 0 Å². The fourth-order valence-electron chi connectivity index (χ4n) is 1.99. The van der Waals surface area contributed by atoms with E-state index in [4.69, 9.17) is 4.74 Å². The third kappa shape index (κ3) is 4.58. The fourth-order valence-corrected chi connectivity index (χ4v) is 3.03. The van der Waals surface area contributed by atoms with Crippen LogP contribution in [0, 0.1) is 0 Å². The minimum atomic E-state index is 0.204. The van der Waals surface area contributed by atoms with Crippen molar-refractivity contribution in [2.24, 2.45) is 0 Å². The molecule has 2 aromatic carbocycles. The zero-order valence-corrected chi connectivity index (χ0v) is 12.5. The van der Waals surface area contributed by atoms with E-state index in [0.717, 1.165) is 17.9 Å². The van der Waals surface area contributed by atoms with Gasteiger partial charge >= 0.3 is 0 Å². The van der Waals surface area contributed by atoms with Gasteiger partial charge in [0.2, 0.25) is 0 Å². The molecule has 0 aliphatic rings. The maximum atomic E-state index is 9.51. The van der Waals surface area contributed by atoms with Gasteiger partial charge in [0.1, 0.15) is 5.75 Å². The number of methoxy groups -OCH3 is 1. The Labute approximate surface area is 124 Å². The SMILES string of the molecule is COc1ccc(CS[C@H](CO)Cc2ccccc2)cc1. The Morgan fingerprint density at radius 3 is 2.30 bits per heavy atom. The van der Waals surface area contributed by atoms with Crippen LogP contribution in [-0.4, -0.2) is 24.1 Å². The number of hydrogen-bond donors (Lipinski definition) is 1. The molecule has 0 saturated carbocycles. The van der Waals surface area contributed by atoms with E-state index in [2.05, 4.69) is 24.3 Å². The summed E-state index contributed by atoms with van der Waals surface area (Å²) < 4.78 is 5.15. The predicted molar refractivity (Wildman–Crippen MR) is 85.3 cm³/mol. The minimum absolute atomic E-state index is 0.204. The van der Waals surface area contributed by atoms with Crippen LogP contribution in [0.1, 0.15) is 11.1 Å². The van der Waals surface area contributed by atoms with Crippen LogP contribution in [0.3, 0.4) is 0 Å². The zero-order chi connectivity index (χ0) is 14.2. The second-order valence-electron chi connectivity index (χ2n) is 4.65. The lowest BCUT2D eigenvalue weighted by Gasteiger charge is -2.14. The van der Waals surface area contributed by atoms with E-state index in [1.54, 1.807) is 18.9 Å². The maximum absolute atomic E-state index is 9.51. The molecule has 0 unspecified atom stereocenters. The largest absolute Gasteiger partial charge is 0.497 e. The van der Waals surface area contributed by atoms with Gasteiger partial charge in [0.15, 0.2) is 0 Å². The van der Waals surface area contributed by atoms with Crippen molar-refractivity contribution in [2.75, 3.05) is 13.7 Å². The van der Waals surface area contributed by atoms with Gasteiger partial charge < -0.3 is 9.84 Å². The molecule has 20 heavy (non-hydrogen) atoms. The van der Waals surface area contributed by atoms with Crippen molar-refractivity contribution >= 4 is 11.8 Å². The standard InChI is InChI=1S/C17H20O2S/c1-19-16-9-7-15(8-10-16)13-20-17(12-18)11-14-5-3-2-4-6-14/h2-10,17-18H,11-13H2,1H3/t17-/m0/s1. The van der Waals surface area contributed by atoms with E-state index in [1.165, 1.54) is 11.1 Å². The van der Waals surface area contributed by atoms with E-state index in [-0.39, 0.29) is 11.9 Å². The van der Waals surface area contributed by atoms with Crippen molar-refractivity contribution in [3.05, 3.63) is 65.7 Å². The third-order valence-corrected chi connectivity index (χ3v) is 4.44. The Morgan fingerprint density at radius 2 is 1.70 bits per heavy atom. The van der Waals surface area contributed by atoms with Gasteiger partial charge in [0.05, 0.1) is 13.7 Å². The molecule has 1 N–H and O–H groups in total. The molecule has 0 aromatic heterocycles. The molecule has 0 saturated heterocycles. The summed E-state index contributed by atoms with van der Waals surface area (Å²) in [7, 11) is 1.67. The van der Waals surface area contributed by atoms with Gasteiger partial charge in [-0.05, 0) is 29.7 Å². The average Bonchev–Trinajstić information content (AvgIpc) is 2.53. The van der Waals surface area contributed by atoms with Gasteiger partial charge in [-0.2, -0.15) is 11.8 Å². The molecule has 0 heterocycles. The normalized spacial score (nSPS) is 12.1. The zero-order valence-electron chi connectivity index (χ0n) is 11.7. The summed E-state index contributed by atoms with van der Waals surface area (Å²) in [6.07, 6.45) is 0.901. The highest BCUT2D eigenvalue weighted by molar-refractivity contribution is 7.99. The molecule has 2 nitrogen and oxygen atoms in total. The molecule has 3 heteroatoms. The Morgan fingerprint density at radius 1 is 1.00 bits per heavy atom. The molecular formula is C17H20O2S. The van der Waals surface area contributed by atoms with Crippen LogP contribution in [0.15, 0.2) is 54.6 Å². The smallest absolute Gasteiger partial charge is 0.118 e. The summed E-state index contributed by atoms with van der Waals surface area (Å²) in [6, 6.07) is 18.4. The molecule has 106 valence electrons. The maximum Gasteiger partial charge on any atom is 0.118 e. The first kappa shape index (κ1) is 14.9. The first-order valence-corrected chi connectivity index (χ1v) is 7.76. The van der Waals surface area contributed by atoms with Gasteiger partial charge in [-0.3, -0.25) is 0 Å². The number of rotatable bonds is 7. The first-order valence-electron chi connectivity index (χ1n) is 6.71. The molecule has 2 rings (SSSR count). The summed E-state index contributed by atoms with van der Waals surface area (Å²) in [4.78, 5) is 0. The van der Waals surface area contributed by atoms with Crippen molar-refractivity contribution < 1.29 is 9.84 Å². The number of thioether (sulfide) groups is 1. The molecule has 0 amide bonds. The van der Waals surface area contributed by atoms with Crippen LogP contribution in [0.5, 0.6) is 5.75 Å². The summed E-state index contributed by atoms with van der Waals surface area (Å²) in [5.41, 5.74) is 2.52. The number of hydrogen-bond acceptors (Lipinski definition) is 3. The molecule has 1 atom stereocenters. The Hall–Kier alpha value is -1.45. The van der Waals surface area contributed by atoms with Gasteiger partial charge in [-0.1, -0.05) is 42.5 Å². The summed E-state index contributed by atoms with van der Waals surface area (Å²) in [6.45, 7) is 0.204. The average molecular weight is 288 g/mol. The number of aliphatic hydroxyl groups is 1. The Kier molecular flexibility index (Phi) is 5.96. The van der Waals surface area contributed by atoms with Gasteiger partial charge in [0, 0.05) is 11.0 Å². The highest BCUT2D eigenvalue weighted by Gasteiger charge is 2.09. The quantitative estimate of drug-likeness (QED) is 0.845. The van der Waals surface area contributed by atoms with Crippen LogP contribution in [0.2, 0.25) is 0 Å². The summed E-state index contributed by atoms with van der Waals surface area (Å²) in [5.74, 6) is 1.78. The molecule has 0 bridgehead atoms. The molecule has 2 aromatic rings. The molecule has 0 fully saturated rings. The number of ether oxygens (including phenoxy) is 1. The van der Waals surface area contributed by atoms with E-state index in [0.29, 0.717) is 0 Å². The van der Waals surface area contributed by atoms with Crippen LogP contribution in [0.4, 0.5) is 0 Å². The van der Waals surface area contributed by atoms with E-state index < -0.39 is 0 Å². The highest BCUT2D eigenvalue weighted by atomic mass is 32.2. The monoisotopic (exact) mass is 288 g/mol. The lowest BCUT2D eigenvalue weighted by molar-refractivity contribution is 0.294. The van der Waals surface area contributed by atoms with Crippen LogP contribution in [-0.2, 0) is 12.2 Å². The fraction of sp³-hybridized carbons (Fsp3) is 0.294. The lowest BCUT2D eigenvalue weighted by atomic mass is 10.1. The van der Waals surface area contributed by atoms with E-state index in [1.807, 2.05) is 30.3 Å². The highest BCUT2D eigenvalue weighted by Crippen LogP contribution is 2.22. The van der Waals surface area contributed by atoms with Crippen molar-refractivity contribution in [1.82, 2.24) is 0 Å². The second kappa shape index (κ2) is 7.98. The van der Waals surface area contributed by atoms with E-state index >= 15 is 0 Å². The predicted octanol–water partition coefficient (Wildman–Crippen LogP) is 3.53. The van der Waals surface area contributed by atoms with Crippen molar-refractivity contribution in [3.8, 4) is 5.75 Å². The summed E-state index contributed by atoms with van der Waals surface area (Å²) in [5, 5.41) is 9.74. The van der Waals surface area contributed by atoms with Crippen LogP contribution in [0.25, 0.3) is 0 Å².